The average molecular weight is 440 g/mol. The first kappa shape index (κ1) is 20.0. The molecule has 152 valence electrons. The number of alkyl halides is 2. The van der Waals surface area contributed by atoms with Gasteiger partial charge in [0.2, 0.25) is 0 Å². The maximum atomic E-state index is 14.7. The van der Waals surface area contributed by atoms with Gasteiger partial charge >= 0.3 is 0 Å². The van der Waals surface area contributed by atoms with Gasteiger partial charge in [0, 0.05) is 24.6 Å². The molecule has 0 fully saturated rings. The van der Waals surface area contributed by atoms with Crippen molar-refractivity contribution in [2.45, 2.75) is 38.3 Å². The third kappa shape index (κ3) is 3.91. The Morgan fingerprint density at radius 1 is 1.41 bits per heavy atom. The van der Waals surface area contributed by atoms with Crippen molar-refractivity contribution >= 4 is 28.8 Å². The van der Waals surface area contributed by atoms with Crippen LogP contribution < -0.4 is 5.32 Å². The van der Waals surface area contributed by atoms with E-state index in [1.807, 2.05) is 0 Å². The molecule has 0 aliphatic carbocycles. The van der Waals surface area contributed by atoms with E-state index in [9.17, 15) is 18.0 Å². The van der Waals surface area contributed by atoms with Crippen molar-refractivity contribution in [2.75, 3.05) is 0 Å². The Labute approximate surface area is 174 Å². The SMILES string of the molecule is CC(Cc1cccc(F)c1)NC(=O)c1cc2c(s1)C(F)(F)CCn1ncc(Cl)c1-2. The first-order valence-corrected chi connectivity index (χ1v) is 10.2. The lowest BCUT2D eigenvalue weighted by Gasteiger charge is -2.14. The normalized spacial score (nSPS) is 15.9. The maximum Gasteiger partial charge on any atom is 0.284 e. The van der Waals surface area contributed by atoms with Crippen LogP contribution in [-0.2, 0) is 18.9 Å². The largest absolute Gasteiger partial charge is 0.349 e. The number of nitrogens with one attached hydrogen (secondary N) is 1. The molecule has 0 saturated carbocycles. The van der Waals surface area contributed by atoms with Gasteiger partial charge < -0.3 is 5.32 Å². The molecule has 4 nitrogen and oxygen atoms in total. The molecule has 0 radical (unpaired) electrons. The molecule has 1 aromatic carbocycles. The first-order chi connectivity index (χ1) is 13.7. The Bertz CT molecular complexity index is 1080. The molecular weight excluding hydrogens is 423 g/mol. The van der Waals surface area contributed by atoms with E-state index < -0.39 is 18.3 Å². The minimum absolute atomic E-state index is 0.0443. The number of fused-ring (bicyclic) bond motifs is 3. The molecule has 4 rings (SSSR count). The zero-order valence-electron chi connectivity index (χ0n) is 15.4. The molecule has 29 heavy (non-hydrogen) atoms. The average Bonchev–Trinajstić information content (AvgIpc) is 3.21. The second-order valence-corrected chi connectivity index (χ2v) is 8.54. The highest BCUT2D eigenvalue weighted by Gasteiger charge is 2.40. The third-order valence-corrected chi connectivity index (χ3v) is 6.31. The van der Waals surface area contributed by atoms with Gasteiger partial charge in [-0.1, -0.05) is 23.7 Å². The fraction of sp³-hybridized carbons (Fsp3) is 0.300. The van der Waals surface area contributed by atoms with E-state index in [1.165, 1.54) is 29.1 Å². The summed E-state index contributed by atoms with van der Waals surface area (Å²) in [5, 5.41) is 7.13. The molecule has 1 aliphatic rings. The molecule has 0 bridgehead atoms. The lowest BCUT2D eigenvalue weighted by molar-refractivity contribution is -0.0122. The van der Waals surface area contributed by atoms with E-state index >= 15 is 0 Å². The number of rotatable bonds is 4. The molecular formula is C20H17ClF3N3OS. The number of nitrogens with zero attached hydrogens (tertiary/aromatic N) is 2. The Morgan fingerprint density at radius 2 is 2.21 bits per heavy atom. The minimum Gasteiger partial charge on any atom is -0.349 e. The van der Waals surface area contributed by atoms with E-state index in [2.05, 4.69) is 10.4 Å². The number of carbonyl (C=O) groups is 1. The standard InChI is InChI=1S/C20H17ClF3N3OS/c1-11(7-12-3-2-4-13(22)8-12)26-19(28)16-9-14-17-15(21)10-25-27(17)6-5-20(23,24)18(14)29-16/h2-4,8-11H,5-7H2,1H3,(H,26,28). The van der Waals surface area contributed by atoms with E-state index in [0.717, 1.165) is 16.9 Å². The van der Waals surface area contributed by atoms with Crippen LogP contribution in [0.3, 0.4) is 0 Å². The van der Waals surface area contributed by atoms with Crippen LogP contribution in [0.25, 0.3) is 11.3 Å². The van der Waals surface area contributed by atoms with Crippen LogP contribution in [0.2, 0.25) is 5.02 Å². The molecule has 1 atom stereocenters. The van der Waals surface area contributed by atoms with Crippen LogP contribution in [0.15, 0.2) is 36.5 Å². The summed E-state index contributed by atoms with van der Waals surface area (Å²) in [5.74, 6) is -3.88. The summed E-state index contributed by atoms with van der Waals surface area (Å²) < 4.78 is 44.1. The number of hydrogen-bond donors (Lipinski definition) is 1. The molecule has 3 heterocycles. The fourth-order valence-corrected chi connectivity index (χ4v) is 4.78. The monoisotopic (exact) mass is 439 g/mol. The second-order valence-electron chi connectivity index (χ2n) is 7.08. The molecule has 1 unspecified atom stereocenters. The Morgan fingerprint density at radius 3 is 2.97 bits per heavy atom. The summed E-state index contributed by atoms with van der Waals surface area (Å²) in [6, 6.07) is 7.26. The number of carbonyl (C=O) groups excluding carboxylic acids is 1. The van der Waals surface area contributed by atoms with E-state index in [-0.39, 0.29) is 38.7 Å². The van der Waals surface area contributed by atoms with Crippen LogP contribution in [0.1, 0.15) is 33.5 Å². The summed E-state index contributed by atoms with van der Waals surface area (Å²) in [5.41, 5.74) is 1.38. The quantitative estimate of drug-likeness (QED) is 0.602. The van der Waals surface area contributed by atoms with Crippen molar-refractivity contribution in [1.82, 2.24) is 15.1 Å². The molecule has 0 saturated heterocycles. The number of aromatic nitrogens is 2. The lowest BCUT2D eigenvalue weighted by atomic mass is 10.1. The molecule has 0 spiro atoms. The summed E-state index contributed by atoms with van der Waals surface area (Å²) >= 11 is 6.94. The van der Waals surface area contributed by atoms with Gasteiger partial charge in [-0.3, -0.25) is 9.48 Å². The highest BCUT2D eigenvalue weighted by atomic mass is 35.5. The number of aryl methyl sites for hydroxylation is 1. The third-order valence-electron chi connectivity index (χ3n) is 4.78. The number of amides is 1. The Kier molecular flexibility index (Phi) is 5.16. The van der Waals surface area contributed by atoms with Gasteiger partial charge in [-0.05, 0) is 37.1 Å². The number of thiophene rings is 1. The van der Waals surface area contributed by atoms with Gasteiger partial charge in [0.15, 0.2) is 0 Å². The zero-order valence-corrected chi connectivity index (χ0v) is 17.0. The van der Waals surface area contributed by atoms with Crippen LogP contribution >= 0.6 is 22.9 Å². The van der Waals surface area contributed by atoms with Gasteiger partial charge in [-0.15, -0.1) is 11.3 Å². The molecule has 1 amide bonds. The summed E-state index contributed by atoms with van der Waals surface area (Å²) in [6.45, 7) is 1.82. The van der Waals surface area contributed by atoms with E-state index in [1.54, 1.807) is 19.1 Å². The van der Waals surface area contributed by atoms with Crippen LogP contribution in [0, 0.1) is 5.82 Å². The second kappa shape index (κ2) is 7.50. The van der Waals surface area contributed by atoms with Crippen molar-refractivity contribution in [2.24, 2.45) is 0 Å². The first-order valence-electron chi connectivity index (χ1n) is 9.04. The van der Waals surface area contributed by atoms with Crippen molar-refractivity contribution in [3.05, 3.63) is 62.7 Å². The Balaban J connectivity index is 1.59. The van der Waals surface area contributed by atoms with Crippen molar-refractivity contribution < 1.29 is 18.0 Å². The zero-order chi connectivity index (χ0) is 20.8. The highest BCUT2D eigenvalue weighted by Crippen LogP contribution is 2.47. The predicted molar refractivity (Wildman–Crippen MR) is 106 cm³/mol. The number of halogens is 4. The molecule has 9 heteroatoms. The van der Waals surface area contributed by atoms with Crippen LogP contribution in [-0.4, -0.2) is 21.7 Å². The van der Waals surface area contributed by atoms with Gasteiger partial charge in [-0.2, -0.15) is 5.10 Å². The van der Waals surface area contributed by atoms with Crippen molar-refractivity contribution in [3.63, 3.8) is 0 Å². The van der Waals surface area contributed by atoms with Crippen LogP contribution in [0.5, 0.6) is 0 Å². The van der Waals surface area contributed by atoms with Gasteiger partial charge in [0.25, 0.3) is 11.8 Å². The summed E-state index contributed by atoms with van der Waals surface area (Å²) in [4.78, 5) is 12.7. The lowest BCUT2D eigenvalue weighted by Crippen LogP contribution is -2.33. The van der Waals surface area contributed by atoms with Crippen molar-refractivity contribution in [3.8, 4) is 11.3 Å². The summed E-state index contributed by atoms with van der Waals surface area (Å²) in [6.07, 6.45) is 1.43. The van der Waals surface area contributed by atoms with Gasteiger partial charge in [-0.25, -0.2) is 13.2 Å². The smallest absolute Gasteiger partial charge is 0.284 e. The number of hydrogen-bond acceptors (Lipinski definition) is 3. The fourth-order valence-electron chi connectivity index (χ4n) is 3.47. The van der Waals surface area contributed by atoms with E-state index in [0.29, 0.717) is 12.1 Å². The highest BCUT2D eigenvalue weighted by molar-refractivity contribution is 7.14. The Hall–Kier alpha value is -2.32. The minimum atomic E-state index is -3.07. The molecule has 3 aromatic rings. The molecule has 1 N–H and O–H groups in total. The van der Waals surface area contributed by atoms with Gasteiger partial charge in [0.1, 0.15) is 5.82 Å². The van der Waals surface area contributed by atoms with E-state index in [4.69, 9.17) is 11.6 Å². The molecule has 1 aliphatic heterocycles. The van der Waals surface area contributed by atoms with Crippen LogP contribution in [0.4, 0.5) is 13.2 Å². The maximum absolute atomic E-state index is 14.7. The summed E-state index contributed by atoms with van der Waals surface area (Å²) in [7, 11) is 0. The van der Waals surface area contributed by atoms with Gasteiger partial charge in [0.05, 0.1) is 26.7 Å². The topological polar surface area (TPSA) is 46.9 Å². The van der Waals surface area contributed by atoms with Crippen molar-refractivity contribution in [1.29, 1.82) is 0 Å². The molecule has 2 aromatic heterocycles. The predicted octanol–water partition coefficient (Wildman–Crippen LogP) is 5.26. The number of benzene rings is 1.